The molecule has 2 amide bonds. The van der Waals surface area contributed by atoms with Crippen LogP contribution in [-0.2, 0) is 32.6 Å². The molecule has 0 saturated heterocycles. The summed E-state index contributed by atoms with van der Waals surface area (Å²) in [4.78, 5) is 29.6. The third-order valence-electron chi connectivity index (χ3n) is 7.14. The molecule has 1 atom stereocenters. The van der Waals surface area contributed by atoms with E-state index in [-0.39, 0.29) is 40.2 Å². The molecule has 0 aliphatic heterocycles. The van der Waals surface area contributed by atoms with Crippen LogP contribution in [0.4, 0.5) is 5.69 Å². The number of hydrogen-bond acceptors (Lipinski definition) is 5. The lowest BCUT2D eigenvalue weighted by Crippen LogP contribution is -2.53. The van der Waals surface area contributed by atoms with E-state index in [9.17, 15) is 18.0 Å². The van der Waals surface area contributed by atoms with Crippen LogP contribution in [0.1, 0.15) is 24.5 Å². The second kappa shape index (κ2) is 15.8. The maximum Gasteiger partial charge on any atom is 0.264 e. The lowest BCUT2D eigenvalue weighted by atomic mass is 10.0. The number of nitrogens with one attached hydrogen (secondary N) is 1. The Hall–Kier alpha value is -4.05. The standard InChI is InChI=1S/C34H35Cl2N3O5S/c1-3-20-37-34(41)31(21-25-12-6-4-7-13-25)38(23-26-14-10-11-17-29(26)36)33(40)24-39(30-22-27(35)18-19-32(30)44-2)45(42,43)28-15-8-5-9-16-28/h4-19,22,31H,3,20-21,23-24H2,1-2H3,(H,37,41). The fourth-order valence-electron chi connectivity index (χ4n) is 4.82. The van der Waals surface area contributed by atoms with Crippen molar-refractivity contribution in [3.05, 3.63) is 124 Å². The van der Waals surface area contributed by atoms with Gasteiger partial charge in [-0.3, -0.25) is 13.9 Å². The lowest BCUT2D eigenvalue weighted by molar-refractivity contribution is -0.140. The summed E-state index contributed by atoms with van der Waals surface area (Å²) in [5, 5.41) is 3.58. The fraction of sp³-hybridized carbons (Fsp3) is 0.235. The molecule has 1 unspecified atom stereocenters. The Labute approximate surface area is 274 Å². The Morgan fingerprint density at radius 2 is 1.53 bits per heavy atom. The molecular formula is C34H35Cl2N3O5S. The molecule has 1 N–H and O–H groups in total. The maximum atomic E-state index is 14.5. The van der Waals surface area contributed by atoms with Crippen molar-refractivity contribution < 1.29 is 22.7 Å². The van der Waals surface area contributed by atoms with Crippen LogP contribution in [0.5, 0.6) is 5.75 Å². The van der Waals surface area contributed by atoms with Crippen LogP contribution in [0.15, 0.2) is 108 Å². The summed E-state index contributed by atoms with van der Waals surface area (Å²) in [6.45, 7) is 1.66. The summed E-state index contributed by atoms with van der Waals surface area (Å²) in [6.07, 6.45) is 0.887. The van der Waals surface area contributed by atoms with Gasteiger partial charge >= 0.3 is 0 Å². The first-order chi connectivity index (χ1) is 21.6. The van der Waals surface area contributed by atoms with E-state index in [0.29, 0.717) is 23.6 Å². The number of anilines is 1. The quantitative estimate of drug-likeness (QED) is 0.169. The predicted molar refractivity (Wildman–Crippen MR) is 178 cm³/mol. The molecule has 0 aliphatic carbocycles. The Morgan fingerprint density at radius 3 is 2.18 bits per heavy atom. The first-order valence-electron chi connectivity index (χ1n) is 14.4. The topological polar surface area (TPSA) is 96.0 Å². The number of halogens is 2. The van der Waals surface area contributed by atoms with Crippen molar-refractivity contribution in [3.63, 3.8) is 0 Å². The summed E-state index contributed by atoms with van der Waals surface area (Å²) >= 11 is 12.9. The Kier molecular flexibility index (Phi) is 11.9. The zero-order valence-electron chi connectivity index (χ0n) is 25.0. The highest BCUT2D eigenvalue weighted by molar-refractivity contribution is 7.92. The molecule has 4 aromatic carbocycles. The zero-order chi connectivity index (χ0) is 32.4. The number of amides is 2. The molecule has 45 heavy (non-hydrogen) atoms. The first-order valence-corrected chi connectivity index (χ1v) is 16.6. The molecule has 4 rings (SSSR count). The van der Waals surface area contributed by atoms with Crippen molar-refractivity contribution in [2.24, 2.45) is 0 Å². The first kappa shape index (κ1) is 33.8. The van der Waals surface area contributed by atoms with E-state index in [0.717, 1.165) is 9.87 Å². The van der Waals surface area contributed by atoms with Gasteiger partial charge in [0.25, 0.3) is 10.0 Å². The van der Waals surface area contributed by atoms with Gasteiger partial charge in [0, 0.05) is 29.6 Å². The van der Waals surface area contributed by atoms with E-state index in [1.54, 1.807) is 48.5 Å². The molecule has 11 heteroatoms. The van der Waals surface area contributed by atoms with E-state index < -0.39 is 28.5 Å². The number of ether oxygens (including phenoxy) is 1. The van der Waals surface area contributed by atoms with Gasteiger partial charge < -0.3 is 15.0 Å². The number of hydrogen-bond donors (Lipinski definition) is 1. The molecule has 0 fully saturated rings. The summed E-state index contributed by atoms with van der Waals surface area (Å²) in [5.41, 5.74) is 1.51. The van der Waals surface area contributed by atoms with E-state index in [1.165, 1.54) is 36.3 Å². The molecule has 0 radical (unpaired) electrons. The van der Waals surface area contributed by atoms with E-state index >= 15 is 0 Å². The average Bonchev–Trinajstić information content (AvgIpc) is 3.05. The van der Waals surface area contributed by atoms with Crippen LogP contribution in [0.2, 0.25) is 10.0 Å². The summed E-state index contributed by atoms with van der Waals surface area (Å²) in [6, 6.07) is 27.7. The molecular weight excluding hydrogens is 633 g/mol. The number of rotatable bonds is 14. The van der Waals surface area contributed by atoms with E-state index in [1.807, 2.05) is 37.3 Å². The number of carbonyl (C=O) groups is 2. The van der Waals surface area contributed by atoms with Gasteiger partial charge in [0.1, 0.15) is 18.3 Å². The Morgan fingerprint density at radius 1 is 0.889 bits per heavy atom. The van der Waals surface area contributed by atoms with Crippen LogP contribution in [0.25, 0.3) is 0 Å². The van der Waals surface area contributed by atoms with Gasteiger partial charge in [0.2, 0.25) is 11.8 Å². The van der Waals surface area contributed by atoms with E-state index in [2.05, 4.69) is 5.32 Å². The molecule has 0 aromatic heterocycles. The van der Waals surface area contributed by atoms with Gasteiger partial charge in [-0.05, 0) is 53.9 Å². The van der Waals surface area contributed by atoms with Gasteiger partial charge in [0.05, 0.1) is 17.7 Å². The number of carbonyl (C=O) groups excluding carboxylic acids is 2. The average molecular weight is 669 g/mol. The summed E-state index contributed by atoms with van der Waals surface area (Å²) in [5.74, 6) is -0.783. The minimum absolute atomic E-state index is 0.0287. The molecule has 0 aliphatic rings. The molecule has 8 nitrogen and oxygen atoms in total. The smallest absolute Gasteiger partial charge is 0.264 e. The zero-order valence-corrected chi connectivity index (χ0v) is 27.4. The minimum atomic E-state index is -4.31. The van der Waals surface area contributed by atoms with Crippen LogP contribution >= 0.6 is 23.2 Å². The van der Waals surface area contributed by atoms with Crippen LogP contribution in [0.3, 0.4) is 0 Å². The second-order valence-corrected chi connectivity index (χ2v) is 13.0. The van der Waals surface area contributed by atoms with Crippen LogP contribution < -0.4 is 14.4 Å². The van der Waals surface area contributed by atoms with Gasteiger partial charge in [-0.1, -0.05) is 96.9 Å². The Balaban J connectivity index is 1.85. The fourth-order valence-corrected chi connectivity index (χ4v) is 6.62. The highest BCUT2D eigenvalue weighted by atomic mass is 35.5. The second-order valence-electron chi connectivity index (χ2n) is 10.3. The van der Waals surface area contributed by atoms with Gasteiger partial charge in [-0.2, -0.15) is 0 Å². The molecule has 236 valence electrons. The van der Waals surface area contributed by atoms with Crippen molar-refractivity contribution in [1.82, 2.24) is 10.2 Å². The van der Waals surface area contributed by atoms with Crippen molar-refractivity contribution in [2.75, 3.05) is 24.5 Å². The van der Waals surface area contributed by atoms with Gasteiger partial charge in [0.15, 0.2) is 0 Å². The number of sulfonamides is 1. The molecule has 0 heterocycles. The van der Waals surface area contributed by atoms with Crippen molar-refractivity contribution in [3.8, 4) is 5.75 Å². The third kappa shape index (κ3) is 8.57. The number of methoxy groups -OCH3 is 1. The van der Waals surface area contributed by atoms with Gasteiger partial charge in [-0.15, -0.1) is 0 Å². The van der Waals surface area contributed by atoms with Crippen molar-refractivity contribution in [1.29, 1.82) is 0 Å². The third-order valence-corrected chi connectivity index (χ3v) is 9.52. The molecule has 4 aromatic rings. The highest BCUT2D eigenvalue weighted by Crippen LogP contribution is 2.35. The molecule has 0 bridgehead atoms. The van der Waals surface area contributed by atoms with E-state index in [4.69, 9.17) is 27.9 Å². The molecule has 0 spiro atoms. The largest absolute Gasteiger partial charge is 0.495 e. The van der Waals surface area contributed by atoms with Crippen molar-refractivity contribution in [2.45, 2.75) is 37.2 Å². The maximum absolute atomic E-state index is 14.5. The number of nitrogens with zero attached hydrogens (tertiary/aromatic N) is 2. The summed E-state index contributed by atoms with van der Waals surface area (Å²) in [7, 11) is -2.91. The van der Waals surface area contributed by atoms with Crippen LogP contribution in [0, 0.1) is 0 Å². The minimum Gasteiger partial charge on any atom is -0.495 e. The highest BCUT2D eigenvalue weighted by Gasteiger charge is 2.35. The van der Waals surface area contributed by atoms with Crippen molar-refractivity contribution >= 4 is 50.7 Å². The normalized spacial score (nSPS) is 11.8. The SMILES string of the molecule is CCCNC(=O)C(Cc1ccccc1)N(Cc1ccccc1Cl)C(=O)CN(c1cc(Cl)ccc1OC)S(=O)(=O)c1ccccc1. The lowest BCUT2D eigenvalue weighted by Gasteiger charge is -2.34. The Bertz CT molecular complexity index is 1710. The summed E-state index contributed by atoms with van der Waals surface area (Å²) < 4.78 is 34.8. The monoisotopic (exact) mass is 667 g/mol. The van der Waals surface area contributed by atoms with Crippen LogP contribution in [-0.4, -0.2) is 51.4 Å². The predicted octanol–water partition coefficient (Wildman–Crippen LogP) is 6.36. The number of benzene rings is 4. The molecule has 0 saturated carbocycles. The van der Waals surface area contributed by atoms with Gasteiger partial charge in [-0.25, -0.2) is 8.42 Å².